The third-order valence-corrected chi connectivity index (χ3v) is 5.87. The minimum Gasteiger partial charge on any atom is -0.500 e. The van der Waals surface area contributed by atoms with Crippen molar-refractivity contribution in [1.29, 1.82) is 0 Å². The smallest absolute Gasteiger partial charge is 0.303 e. The summed E-state index contributed by atoms with van der Waals surface area (Å²) in [7, 11) is 1.63. The van der Waals surface area contributed by atoms with Gasteiger partial charge in [0, 0.05) is 23.7 Å². The molecule has 0 spiro atoms. The number of aliphatic hydroxyl groups is 2. The molecule has 0 saturated heterocycles. The summed E-state index contributed by atoms with van der Waals surface area (Å²) in [6.07, 6.45) is 9.97. The van der Waals surface area contributed by atoms with Crippen LogP contribution >= 0.6 is 11.8 Å². The number of carboxylic acids is 1. The molecule has 0 aromatic carbocycles. The van der Waals surface area contributed by atoms with E-state index in [9.17, 15) is 15.0 Å². The fraction of sp³-hybridized carbons (Fsp3) is 0.750. The van der Waals surface area contributed by atoms with Crippen LogP contribution in [0.3, 0.4) is 0 Å². The number of hydrogen-bond donors (Lipinski definition) is 3. The molecule has 5 nitrogen and oxygen atoms in total. The first-order valence-electron chi connectivity index (χ1n) is 9.65. The molecular weight excluding hydrogens is 352 g/mol. The zero-order valence-corrected chi connectivity index (χ0v) is 16.8. The van der Waals surface area contributed by atoms with Crippen LogP contribution in [-0.4, -0.2) is 46.4 Å². The van der Waals surface area contributed by atoms with Crippen molar-refractivity contribution in [2.45, 2.75) is 76.9 Å². The molecule has 0 bridgehead atoms. The van der Waals surface area contributed by atoms with Gasteiger partial charge >= 0.3 is 5.97 Å². The molecule has 0 fully saturated rings. The molecule has 3 N–H and O–H groups in total. The van der Waals surface area contributed by atoms with Gasteiger partial charge in [-0.1, -0.05) is 44.8 Å². The third-order valence-electron chi connectivity index (χ3n) is 4.57. The van der Waals surface area contributed by atoms with Crippen molar-refractivity contribution in [2.24, 2.45) is 5.92 Å². The molecule has 6 heteroatoms. The quantitative estimate of drug-likeness (QED) is 0.308. The molecule has 0 radical (unpaired) electrons. The predicted octanol–water partition coefficient (Wildman–Crippen LogP) is 4.10. The van der Waals surface area contributed by atoms with E-state index in [0.29, 0.717) is 12.8 Å². The summed E-state index contributed by atoms with van der Waals surface area (Å²) < 4.78 is 5.45. The van der Waals surface area contributed by atoms with Crippen molar-refractivity contribution in [3.8, 4) is 0 Å². The number of ether oxygens (including phenoxy) is 1. The second kappa shape index (κ2) is 13.2. The van der Waals surface area contributed by atoms with Crippen molar-refractivity contribution < 1.29 is 24.9 Å². The number of methoxy groups -OCH3 is 1. The molecule has 0 unspecified atom stereocenters. The summed E-state index contributed by atoms with van der Waals surface area (Å²) in [4.78, 5) is 11.6. The zero-order chi connectivity index (χ0) is 19.4. The van der Waals surface area contributed by atoms with Gasteiger partial charge in [0.05, 0.1) is 19.3 Å². The number of thioether (sulfide) groups is 1. The molecule has 1 rings (SSSR count). The summed E-state index contributed by atoms with van der Waals surface area (Å²) in [5, 5.41) is 29.1. The van der Waals surface area contributed by atoms with Gasteiger partial charge in [0.15, 0.2) is 0 Å². The Morgan fingerprint density at radius 1 is 1.31 bits per heavy atom. The van der Waals surface area contributed by atoms with Crippen LogP contribution in [-0.2, 0) is 9.53 Å². The lowest BCUT2D eigenvalue weighted by Crippen LogP contribution is -2.14. The van der Waals surface area contributed by atoms with E-state index in [4.69, 9.17) is 9.84 Å². The Balaban J connectivity index is 2.51. The van der Waals surface area contributed by atoms with Gasteiger partial charge in [-0.05, 0) is 25.0 Å². The maximum Gasteiger partial charge on any atom is 0.303 e. The van der Waals surface area contributed by atoms with Crippen molar-refractivity contribution >= 4 is 17.7 Å². The summed E-state index contributed by atoms with van der Waals surface area (Å²) in [6.45, 7) is 2.14. The molecular formula is C20H34O5S. The average Bonchev–Trinajstić information content (AvgIpc) is 2.91. The van der Waals surface area contributed by atoms with E-state index < -0.39 is 18.2 Å². The van der Waals surface area contributed by atoms with Crippen LogP contribution in [0.5, 0.6) is 0 Å². The monoisotopic (exact) mass is 386 g/mol. The molecule has 150 valence electrons. The van der Waals surface area contributed by atoms with Gasteiger partial charge in [0.1, 0.15) is 5.76 Å². The summed E-state index contributed by atoms with van der Waals surface area (Å²) >= 11 is 1.67. The highest BCUT2D eigenvalue weighted by atomic mass is 32.2. The van der Waals surface area contributed by atoms with Crippen LogP contribution in [0.2, 0.25) is 0 Å². The van der Waals surface area contributed by atoms with Gasteiger partial charge in [-0.2, -0.15) is 0 Å². The number of hydrogen-bond acceptors (Lipinski definition) is 5. The Bertz CT molecular complexity index is 475. The lowest BCUT2D eigenvalue weighted by Gasteiger charge is -2.15. The number of aliphatic hydroxyl groups excluding tert-OH is 2. The molecule has 1 aliphatic carbocycles. The van der Waals surface area contributed by atoms with Crippen LogP contribution in [0, 0.1) is 5.92 Å². The highest BCUT2D eigenvalue weighted by Gasteiger charge is 2.33. The first-order chi connectivity index (χ1) is 12.5. The Labute approximate surface area is 161 Å². The standard InChI is InChI=1S/C20H34O5S/c1-3-4-6-9-15(21)11-12-16-17(22)14-18(25-2)20(16)26-13-8-5-7-10-19(23)24/h11-12,15-17,21-22H,3-10,13-14H2,1-2H3,(H,23,24)/b12-11+/t15-,16-,17+/m0/s1. The van der Waals surface area contributed by atoms with E-state index in [1.54, 1.807) is 24.9 Å². The Morgan fingerprint density at radius 2 is 2.08 bits per heavy atom. The van der Waals surface area contributed by atoms with E-state index in [1.165, 1.54) is 0 Å². The minimum atomic E-state index is -0.747. The van der Waals surface area contributed by atoms with Gasteiger partial charge in [0.25, 0.3) is 0 Å². The molecule has 0 heterocycles. The van der Waals surface area contributed by atoms with Crippen LogP contribution in [0.1, 0.15) is 64.7 Å². The van der Waals surface area contributed by atoms with Crippen LogP contribution < -0.4 is 0 Å². The number of aliphatic carboxylic acids is 1. The van der Waals surface area contributed by atoms with Crippen molar-refractivity contribution in [2.75, 3.05) is 12.9 Å². The molecule has 1 aliphatic rings. The zero-order valence-electron chi connectivity index (χ0n) is 16.0. The van der Waals surface area contributed by atoms with Crippen LogP contribution in [0.15, 0.2) is 22.8 Å². The van der Waals surface area contributed by atoms with Crippen molar-refractivity contribution in [3.63, 3.8) is 0 Å². The fourth-order valence-corrected chi connectivity index (χ4v) is 4.36. The molecule has 26 heavy (non-hydrogen) atoms. The topological polar surface area (TPSA) is 87.0 Å². The van der Waals surface area contributed by atoms with Gasteiger partial charge in [0.2, 0.25) is 0 Å². The lowest BCUT2D eigenvalue weighted by molar-refractivity contribution is -0.137. The number of carbonyl (C=O) groups is 1. The van der Waals surface area contributed by atoms with E-state index in [0.717, 1.165) is 54.9 Å². The summed E-state index contributed by atoms with van der Waals surface area (Å²) in [5.74, 6) is 0.819. The molecule has 0 amide bonds. The van der Waals surface area contributed by atoms with Gasteiger partial charge in [-0.3, -0.25) is 4.79 Å². The number of rotatable bonds is 14. The van der Waals surface area contributed by atoms with E-state index in [2.05, 4.69) is 6.92 Å². The third kappa shape index (κ3) is 8.60. The average molecular weight is 387 g/mol. The molecule has 0 aromatic rings. The summed E-state index contributed by atoms with van der Waals surface area (Å²) in [5.41, 5.74) is 0. The number of carboxylic acid groups (broad SMARTS) is 1. The van der Waals surface area contributed by atoms with E-state index in [-0.39, 0.29) is 12.3 Å². The van der Waals surface area contributed by atoms with Crippen LogP contribution in [0.25, 0.3) is 0 Å². The largest absolute Gasteiger partial charge is 0.500 e. The maximum atomic E-state index is 10.5. The second-order valence-corrected chi connectivity index (χ2v) is 7.93. The van der Waals surface area contributed by atoms with Crippen molar-refractivity contribution in [1.82, 2.24) is 0 Å². The normalized spacial score (nSPS) is 21.5. The Morgan fingerprint density at radius 3 is 2.73 bits per heavy atom. The predicted molar refractivity (Wildman–Crippen MR) is 106 cm³/mol. The van der Waals surface area contributed by atoms with Gasteiger partial charge < -0.3 is 20.1 Å². The number of unbranched alkanes of at least 4 members (excludes halogenated alkanes) is 4. The van der Waals surface area contributed by atoms with Gasteiger partial charge in [-0.15, -0.1) is 11.8 Å². The molecule has 0 aromatic heterocycles. The highest BCUT2D eigenvalue weighted by molar-refractivity contribution is 8.03. The first kappa shape index (κ1) is 23.1. The van der Waals surface area contributed by atoms with Crippen molar-refractivity contribution in [3.05, 3.63) is 22.8 Å². The first-order valence-corrected chi connectivity index (χ1v) is 10.6. The van der Waals surface area contributed by atoms with Gasteiger partial charge in [-0.25, -0.2) is 0 Å². The molecule has 0 aliphatic heterocycles. The highest BCUT2D eigenvalue weighted by Crippen LogP contribution is 2.41. The second-order valence-electron chi connectivity index (χ2n) is 6.79. The Kier molecular flexibility index (Phi) is 11.7. The minimum absolute atomic E-state index is 0.130. The van der Waals surface area contributed by atoms with E-state index in [1.807, 2.05) is 6.08 Å². The maximum absolute atomic E-state index is 10.5. The lowest BCUT2D eigenvalue weighted by atomic mass is 10.0. The SMILES string of the molecule is CCCCC[C@H](O)/C=C/[C@@H]1C(SCCCCCC(=O)O)=C(OC)C[C@H]1O. The Hall–Kier alpha value is -0.980. The van der Waals surface area contributed by atoms with Crippen LogP contribution in [0.4, 0.5) is 0 Å². The molecule has 3 atom stereocenters. The summed E-state index contributed by atoms with van der Waals surface area (Å²) in [6, 6.07) is 0. The van der Waals surface area contributed by atoms with E-state index >= 15 is 0 Å². The molecule has 0 saturated carbocycles. The fourth-order valence-electron chi connectivity index (χ4n) is 3.04.